The maximum absolute atomic E-state index is 4.50. The molecule has 2 heterocycles. The van der Waals surface area contributed by atoms with Gasteiger partial charge in [-0.25, -0.2) is 4.63 Å². The molecule has 0 spiro atoms. The second-order valence-electron chi connectivity index (χ2n) is 3.48. The molecular weight excluding hydrogens is 202 g/mol. The Morgan fingerprint density at radius 1 is 1.19 bits per heavy atom. The lowest BCUT2D eigenvalue weighted by Gasteiger charge is -1.84. The maximum Gasteiger partial charge on any atom is 0.127 e. The third-order valence-corrected chi connectivity index (χ3v) is 2.36. The number of aromatic amines is 1. The van der Waals surface area contributed by atoms with Crippen molar-refractivity contribution in [3.8, 4) is 0 Å². The summed E-state index contributed by atoms with van der Waals surface area (Å²) >= 11 is 0. The summed E-state index contributed by atoms with van der Waals surface area (Å²) in [6.07, 6.45) is 5.36. The average molecular weight is 211 g/mol. The molecule has 1 aromatic carbocycles. The Balaban J connectivity index is 1.95. The highest BCUT2D eigenvalue weighted by atomic mass is 16.6. The van der Waals surface area contributed by atoms with E-state index >= 15 is 0 Å². The number of H-pyrrole nitrogens is 1. The normalized spacial score (nSPS) is 11.5. The van der Waals surface area contributed by atoms with Crippen LogP contribution in [0.2, 0.25) is 0 Å². The first-order chi connectivity index (χ1) is 7.92. The Bertz CT molecular complexity index is 590. The van der Waals surface area contributed by atoms with E-state index in [1.807, 2.05) is 30.4 Å². The van der Waals surface area contributed by atoms with Crippen LogP contribution < -0.4 is 0 Å². The summed E-state index contributed by atoms with van der Waals surface area (Å²) in [5.74, 6) is 0. The van der Waals surface area contributed by atoms with Gasteiger partial charge in [-0.1, -0.05) is 28.5 Å². The Morgan fingerprint density at radius 2 is 2.12 bits per heavy atom. The lowest BCUT2D eigenvalue weighted by atomic mass is 10.2. The summed E-state index contributed by atoms with van der Waals surface area (Å²) in [5.41, 5.74) is 2.86. The first-order valence-electron chi connectivity index (χ1n) is 4.95. The Kier molecular flexibility index (Phi) is 2.04. The molecule has 0 aliphatic rings. The summed E-state index contributed by atoms with van der Waals surface area (Å²) in [4.78, 5) is 3.29. The molecule has 0 aliphatic heterocycles. The first-order valence-corrected chi connectivity index (χ1v) is 4.95. The fourth-order valence-electron chi connectivity index (χ4n) is 1.61. The summed E-state index contributed by atoms with van der Waals surface area (Å²) in [6.45, 7) is 0. The van der Waals surface area contributed by atoms with Gasteiger partial charge in [-0.2, -0.15) is 0 Å². The monoisotopic (exact) mass is 211 g/mol. The molecule has 4 heteroatoms. The Morgan fingerprint density at radius 3 is 2.94 bits per heavy atom. The summed E-state index contributed by atoms with van der Waals surface area (Å²) in [5, 5.41) is 8.42. The molecular formula is C12H9N3O. The van der Waals surface area contributed by atoms with Crippen molar-refractivity contribution in [1.29, 1.82) is 0 Å². The number of hydrogen-bond donors (Lipinski definition) is 1. The van der Waals surface area contributed by atoms with Crippen molar-refractivity contribution in [2.75, 3.05) is 0 Å². The molecule has 0 fully saturated rings. The minimum Gasteiger partial charge on any atom is -0.355 e. The molecule has 0 saturated carbocycles. The fourth-order valence-corrected chi connectivity index (χ4v) is 1.61. The molecule has 4 nitrogen and oxygen atoms in total. The van der Waals surface area contributed by atoms with Gasteiger partial charge in [-0.05, 0) is 29.7 Å². The highest BCUT2D eigenvalue weighted by molar-refractivity contribution is 5.84. The minimum atomic E-state index is 0.707. The number of rotatable bonds is 2. The number of hydrogen-bond acceptors (Lipinski definition) is 3. The lowest BCUT2D eigenvalue weighted by Crippen LogP contribution is -1.70. The van der Waals surface area contributed by atoms with Gasteiger partial charge in [0.15, 0.2) is 0 Å². The zero-order chi connectivity index (χ0) is 10.8. The van der Waals surface area contributed by atoms with Crippen molar-refractivity contribution < 1.29 is 4.63 Å². The molecule has 0 amide bonds. The number of para-hydroxylation sites is 1. The number of aromatic nitrogens is 3. The van der Waals surface area contributed by atoms with Crippen LogP contribution in [-0.4, -0.2) is 15.3 Å². The van der Waals surface area contributed by atoms with Crippen LogP contribution in [0.5, 0.6) is 0 Å². The van der Waals surface area contributed by atoms with Gasteiger partial charge in [-0.15, -0.1) is 0 Å². The standard InChI is InChI=1S/C12H9N3O/c1-2-4-12-9(3-1)7-10(14-12)5-6-11-8-13-16-15-11/h1-8,14H/b6-5+. The zero-order valence-corrected chi connectivity index (χ0v) is 8.42. The second kappa shape index (κ2) is 3.66. The van der Waals surface area contributed by atoms with E-state index in [9.17, 15) is 0 Å². The van der Waals surface area contributed by atoms with Crippen LogP contribution in [0, 0.1) is 0 Å². The van der Waals surface area contributed by atoms with E-state index in [-0.39, 0.29) is 0 Å². The van der Waals surface area contributed by atoms with Crippen molar-refractivity contribution in [2.45, 2.75) is 0 Å². The van der Waals surface area contributed by atoms with E-state index in [2.05, 4.69) is 32.1 Å². The molecule has 1 N–H and O–H groups in total. The van der Waals surface area contributed by atoms with Gasteiger partial charge in [0.1, 0.15) is 5.69 Å². The van der Waals surface area contributed by atoms with Gasteiger partial charge in [-0.3, -0.25) is 0 Å². The largest absolute Gasteiger partial charge is 0.355 e. The molecule has 0 radical (unpaired) electrons. The summed E-state index contributed by atoms with van der Waals surface area (Å²) in [6, 6.07) is 10.2. The summed E-state index contributed by atoms with van der Waals surface area (Å²) < 4.78 is 4.50. The molecule has 3 aromatic rings. The molecule has 0 bridgehead atoms. The number of nitrogens with zero attached hydrogens (tertiary/aromatic N) is 2. The molecule has 78 valence electrons. The number of benzene rings is 1. The smallest absolute Gasteiger partial charge is 0.127 e. The topological polar surface area (TPSA) is 54.7 Å². The van der Waals surface area contributed by atoms with Crippen LogP contribution in [0.25, 0.3) is 23.1 Å². The quantitative estimate of drug-likeness (QED) is 0.709. The predicted octanol–water partition coefficient (Wildman–Crippen LogP) is 2.72. The molecule has 3 rings (SSSR count). The van der Waals surface area contributed by atoms with Crippen molar-refractivity contribution in [3.63, 3.8) is 0 Å². The lowest BCUT2D eigenvalue weighted by molar-refractivity contribution is 0.306. The molecule has 2 aromatic heterocycles. The van der Waals surface area contributed by atoms with Gasteiger partial charge in [0.25, 0.3) is 0 Å². The van der Waals surface area contributed by atoms with Crippen LogP contribution in [0.4, 0.5) is 0 Å². The third kappa shape index (κ3) is 1.61. The highest BCUT2D eigenvalue weighted by Crippen LogP contribution is 2.16. The highest BCUT2D eigenvalue weighted by Gasteiger charge is 1.96. The van der Waals surface area contributed by atoms with Crippen molar-refractivity contribution in [2.24, 2.45) is 0 Å². The molecule has 0 unspecified atom stereocenters. The van der Waals surface area contributed by atoms with E-state index in [0.717, 1.165) is 11.2 Å². The first kappa shape index (κ1) is 8.91. The number of nitrogens with one attached hydrogen (secondary N) is 1. The van der Waals surface area contributed by atoms with E-state index in [4.69, 9.17) is 0 Å². The van der Waals surface area contributed by atoms with E-state index in [0.29, 0.717) is 5.69 Å². The van der Waals surface area contributed by atoms with Gasteiger partial charge in [0.05, 0.1) is 6.20 Å². The summed E-state index contributed by atoms with van der Waals surface area (Å²) in [7, 11) is 0. The van der Waals surface area contributed by atoms with Crippen LogP contribution in [0.1, 0.15) is 11.4 Å². The molecule has 0 aliphatic carbocycles. The van der Waals surface area contributed by atoms with Crippen molar-refractivity contribution >= 4 is 23.1 Å². The Hall–Kier alpha value is -2.36. The SMILES string of the molecule is C(=C\c1cc2ccccc2[nH]1)/c1cnon1. The van der Waals surface area contributed by atoms with E-state index in [1.54, 1.807) is 6.20 Å². The zero-order valence-electron chi connectivity index (χ0n) is 8.42. The van der Waals surface area contributed by atoms with Gasteiger partial charge in [0, 0.05) is 11.2 Å². The van der Waals surface area contributed by atoms with Crippen LogP contribution in [-0.2, 0) is 0 Å². The third-order valence-electron chi connectivity index (χ3n) is 2.36. The predicted molar refractivity (Wildman–Crippen MR) is 61.5 cm³/mol. The Labute approximate surface area is 91.6 Å². The fraction of sp³-hybridized carbons (Fsp3) is 0. The van der Waals surface area contributed by atoms with E-state index in [1.165, 1.54) is 5.39 Å². The van der Waals surface area contributed by atoms with Crippen LogP contribution in [0.3, 0.4) is 0 Å². The van der Waals surface area contributed by atoms with Crippen LogP contribution in [0.15, 0.2) is 41.2 Å². The molecule has 16 heavy (non-hydrogen) atoms. The average Bonchev–Trinajstić information content (AvgIpc) is 2.95. The van der Waals surface area contributed by atoms with Crippen LogP contribution >= 0.6 is 0 Å². The second-order valence-corrected chi connectivity index (χ2v) is 3.48. The minimum absolute atomic E-state index is 0.707. The van der Waals surface area contributed by atoms with E-state index < -0.39 is 0 Å². The molecule has 0 atom stereocenters. The number of fused-ring (bicyclic) bond motifs is 1. The van der Waals surface area contributed by atoms with Gasteiger partial charge >= 0.3 is 0 Å². The molecule has 0 saturated heterocycles. The maximum atomic E-state index is 4.50. The van der Waals surface area contributed by atoms with Crippen molar-refractivity contribution in [3.05, 3.63) is 47.9 Å². The van der Waals surface area contributed by atoms with Gasteiger partial charge < -0.3 is 4.98 Å². The van der Waals surface area contributed by atoms with Crippen molar-refractivity contribution in [1.82, 2.24) is 15.3 Å². The van der Waals surface area contributed by atoms with Gasteiger partial charge in [0.2, 0.25) is 0 Å².